The van der Waals surface area contributed by atoms with Crippen LogP contribution in [0, 0.1) is 5.82 Å². The zero-order valence-corrected chi connectivity index (χ0v) is 16.0. The number of methoxy groups -OCH3 is 1. The van der Waals surface area contributed by atoms with Crippen LogP contribution in [0.4, 0.5) is 10.1 Å². The number of thiazole rings is 1. The van der Waals surface area contributed by atoms with Crippen LogP contribution in [0.5, 0.6) is 0 Å². The highest BCUT2D eigenvalue weighted by Gasteiger charge is 2.40. The number of ether oxygens (including phenoxy) is 1. The van der Waals surface area contributed by atoms with Gasteiger partial charge >= 0.3 is 5.97 Å². The molecule has 0 bridgehead atoms. The smallest absolute Gasteiger partial charge is 0.316 e. The van der Waals surface area contributed by atoms with Crippen LogP contribution >= 0.6 is 23.1 Å². The van der Waals surface area contributed by atoms with Crippen molar-refractivity contribution in [2.24, 2.45) is 0 Å². The van der Waals surface area contributed by atoms with Crippen LogP contribution in [0.1, 0.15) is 25.7 Å². The molecule has 6 nitrogen and oxygen atoms in total. The zero-order chi connectivity index (χ0) is 19.1. The topological polar surface area (TPSA) is 76.6 Å². The summed E-state index contributed by atoms with van der Waals surface area (Å²) in [7, 11) is 1.31. The van der Waals surface area contributed by atoms with Gasteiger partial charge in [0.15, 0.2) is 4.34 Å². The van der Waals surface area contributed by atoms with Gasteiger partial charge in [-0.05, 0) is 37.8 Å². The van der Waals surface area contributed by atoms with Gasteiger partial charge in [-0.3, -0.25) is 14.4 Å². The fourth-order valence-corrected chi connectivity index (χ4v) is 5.20. The Labute approximate surface area is 162 Å². The number of rotatable bonds is 4. The quantitative estimate of drug-likeness (QED) is 0.440. The van der Waals surface area contributed by atoms with Crippen LogP contribution in [0.3, 0.4) is 0 Å². The maximum absolute atomic E-state index is 14.7. The van der Waals surface area contributed by atoms with Crippen LogP contribution in [0.15, 0.2) is 27.6 Å². The molecule has 2 heterocycles. The summed E-state index contributed by atoms with van der Waals surface area (Å²) in [6, 6.07) is 2.71. The van der Waals surface area contributed by atoms with Crippen LogP contribution in [0.25, 0.3) is 10.2 Å². The van der Waals surface area contributed by atoms with Gasteiger partial charge in [0, 0.05) is 11.1 Å². The lowest BCUT2D eigenvalue weighted by Crippen LogP contribution is -2.32. The second-order valence-corrected chi connectivity index (χ2v) is 8.48. The number of aromatic nitrogens is 1. The molecule has 0 atom stereocenters. The predicted molar refractivity (Wildman–Crippen MR) is 100 cm³/mol. The van der Waals surface area contributed by atoms with E-state index in [1.165, 1.54) is 42.3 Å². The zero-order valence-electron chi connectivity index (χ0n) is 14.4. The van der Waals surface area contributed by atoms with E-state index in [2.05, 4.69) is 9.72 Å². The maximum atomic E-state index is 14.7. The molecule has 140 valence electrons. The second kappa shape index (κ2) is 7.05. The molecular formula is C18H15FN2O4S2. The Morgan fingerprint density at radius 3 is 2.56 bits per heavy atom. The number of thioether (sulfide) groups is 1. The standard InChI is InChI=1S/C18H15FN2O4S2/c1-25-15(22)8-26-18-20-12-7-13(11(19)6-14(12)27-18)21-16(23)9-4-2-3-5-10(9)17(21)24/h6-7H,2-5,8H2,1H3. The Balaban J connectivity index is 1.66. The first-order valence-electron chi connectivity index (χ1n) is 8.40. The van der Waals surface area contributed by atoms with Gasteiger partial charge in [-0.2, -0.15) is 0 Å². The highest BCUT2D eigenvalue weighted by atomic mass is 32.2. The Morgan fingerprint density at radius 1 is 1.26 bits per heavy atom. The summed E-state index contributed by atoms with van der Waals surface area (Å²) in [4.78, 5) is 41.9. The minimum absolute atomic E-state index is 0.0679. The van der Waals surface area contributed by atoms with Crippen molar-refractivity contribution in [2.45, 2.75) is 30.0 Å². The van der Waals surface area contributed by atoms with Crippen LogP contribution in [0.2, 0.25) is 0 Å². The summed E-state index contributed by atoms with van der Waals surface area (Å²) in [5.74, 6) is -1.77. The number of carbonyl (C=O) groups is 3. The van der Waals surface area contributed by atoms with Crippen molar-refractivity contribution in [1.29, 1.82) is 0 Å². The number of amides is 2. The van der Waals surface area contributed by atoms with Gasteiger partial charge in [0.2, 0.25) is 0 Å². The normalized spacial score (nSPS) is 17.0. The van der Waals surface area contributed by atoms with Gasteiger partial charge < -0.3 is 4.74 Å². The highest BCUT2D eigenvalue weighted by Crippen LogP contribution is 2.39. The summed E-state index contributed by atoms with van der Waals surface area (Å²) in [5, 5.41) is 0. The van der Waals surface area contributed by atoms with Crippen LogP contribution < -0.4 is 4.90 Å². The van der Waals surface area contributed by atoms with Crippen molar-refractivity contribution >= 4 is 56.8 Å². The lowest BCUT2D eigenvalue weighted by molar-refractivity contribution is -0.137. The number of halogens is 1. The fourth-order valence-electron chi connectivity index (χ4n) is 3.29. The number of carbonyl (C=O) groups excluding carboxylic acids is 3. The summed E-state index contributed by atoms with van der Waals surface area (Å²) in [6.45, 7) is 0. The highest BCUT2D eigenvalue weighted by molar-refractivity contribution is 8.01. The number of fused-ring (bicyclic) bond motifs is 1. The number of anilines is 1. The van der Waals surface area contributed by atoms with E-state index in [4.69, 9.17) is 0 Å². The van der Waals surface area contributed by atoms with E-state index in [1.807, 2.05) is 0 Å². The van der Waals surface area contributed by atoms with E-state index < -0.39 is 17.6 Å². The van der Waals surface area contributed by atoms with Gasteiger partial charge in [0.1, 0.15) is 5.82 Å². The first-order valence-corrected chi connectivity index (χ1v) is 10.2. The molecule has 1 aromatic heterocycles. The van der Waals surface area contributed by atoms with Crippen molar-refractivity contribution in [3.05, 3.63) is 29.1 Å². The molecule has 0 radical (unpaired) electrons. The lowest BCUT2D eigenvalue weighted by atomic mass is 9.93. The van der Waals surface area contributed by atoms with E-state index in [0.717, 1.165) is 17.7 Å². The number of benzene rings is 1. The van der Waals surface area contributed by atoms with Crippen LogP contribution in [-0.4, -0.2) is 35.6 Å². The molecule has 1 aliphatic carbocycles. The van der Waals surface area contributed by atoms with Gasteiger partial charge in [0.25, 0.3) is 11.8 Å². The molecule has 0 unspecified atom stereocenters. The van der Waals surface area contributed by atoms with Gasteiger partial charge in [-0.1, -0.05) is 11.8 Å². The minimum atomic E-state index is -0.641. The second-order valence-electron chi connectivity index (χ2n) is 6.23. The molecule has 2 aliphatic rings. The predicted octanol–water partition coefficient (Wildman–Crippen LogP) is 3.44. The van der Waals surface area contributed by atoms with E-state index in [0.29, 0.717) is 38.5 Å². The Bertz CT molecular complexity index is 986. The summed E-state index contributed by atoms with van der Waals surface area (Å²) < 4.78 is 20.5. The SMILES string of the molecule is COC(=O)CSc1nc2cc(N3C(=O)C4=C(CCCC4)C3=O)c(F)cc2s1. The minimum Gasteiger partial charge on any atom is -0.468 e. The Morgan fingerprint density at radius 2 is 1.93 bits per heavy atom. The van der Waals surface area contributed by atoms with Crippen molar-refractivity contribution in [1.82, 2.24) is 4.98 Å². The molecule has 0 fully saturated rings. The van der Waals surface area contributed by atoms with Gasteiger partial charge in [-0.15, -0.1) is 11.3 Å². The molecule has 0 spiro atoms. The monoisotopic (exact) mass is 406 g/mol. The van der Waals surface area contributed by atoms with E-state index in [1.54, 1.807) is 0 Å². The average Bonchev–Trinajstić information content (AvgIpc) is 3.18. The Kier molecular flexibility index (Phi) is 4.73. The molecular weight excluding hydrogens is 391 g/mol. The average molecular weight is 406 g/mol. The lowest BCUT2D eigenvalue weighted by Gasteiger charge is -2.15. The molecule has 0 saturated carbocycles. The maximum Gasteiger partial charge on any atom is 0.316 e. The largest absolute Gasteiger partial charge is 0.468 e. The number of imide groups is 1. The van der Waals surface area contributed by atoms with Gasteiger partial charge in [0.05, 0.1) is 28.8 Å². The van der Waals surface area contributed by atoms with E-state index >= 15 is 0 Å². The number of nitrogens with zero attached hydrogens (tertiary/aromatic N) is 2. The molecule has 0 N–H and O–H groups in total. The summed E-state index contributed by atoms with van der Waals surface area (Å²) >= 11 is 2.44. The van der Waals surface area contributed by atoms with Crippen molar-refractivity contribution in [3.63, 3.8) is 0 Å². The van der Waals surface area contributed by atoms with Crippen molar-refractivity contribution in [2.75, 3.05) is 17.8 Å². The number of esters is 1. The Hall–Kier alpha value is -2.26. The van der Waals surface area contributed by atoms with E-state index in [9.17, 15) is 18.8 Å². The first-order chi connectivity index (χ1) is 13.0. The van der Waals surface area contributed by atoms with E-state index in [-0.39, 0.29) is 17.4 Å². The molecule has 1 aromatic carbocycles. The molecule has 0 saturated heterocycles. The molecule has 9 heteroatoms. The fraction of sp³-hybridized carbons (Fsp3) is 0.333. The van der Waals surface area contributed by atoms with Crippen LogP contribution in [-0.2, 0) is 19.1 Å². The third-order valence-electron chi connectivity index (χ3n) is 4.61. The number of hydrogen-bond donors (Lipinski definition) is 0. The molecule has 4 rings (SSSR count). The van der Waals surface area contributed by atoms with Gasteiger partial charge in [-0.25, -0.2) is 14.3 Å². The molecule has 27 heavy (non-hydrogen) atoms. The van der Waals surface area contributed by atoms with Crippen molar-refractivity contribution in [3.8, 4) is 0 Å². The van der Waals surface area contributed by atoms with Crippen molar-refractivity contribution < 1.29 is 23.5 Å². The molecule has 1 aliphatic heterocycles. The molecule has 2 amide bonds. The summed E-state index contributed by atoms with van der Waals surface area (Å²) in [5.41, 5.74) is 1.44. The number of hydrogen-bond acceptors (Lipinski definition) is 7. The third-order valence-corrected chi connectivity index (χ3v) is 6.74. The first kappa shape index (κ1) is 18.1. The summed E-state index contributed by atoms with van der Waals surface area (Å²) in [6.07, 6.45) is 2.84. The molecule has 2 aromatic rings. The third kappa shape index (κ3) is 3.14.